The zero-order valence-electron chi connectivity index (χ0n) is 9.20. The van der Waals surface area contributed by atoms with Crippen LogP contribution in [0.1, 0.15) is 11.1 Å². The van der Waals surface area contributed by atoms with Crippen molar-refractivity contribution >= 4 is 23.4 Å². The SMILES string of the molecule is Cc1ccccc1Sc1cc(Cl)ncc1C. The molecule has 0 unspecified atom stereocenters. The van der Waals surface area contributed by atoms with E-state index in [1.54, 1.807) is 11.8 Å². The Balaban J connectivity index is 2.34. The summed E-state index contributed by atoms with van der Waals surface area (Å²) in [5.41, 5.74) is 2.43. The molecule has 2 rings (SSSR count). The van der Waals surface area contributed by atoms with Crippen molar-refractivity contribution in [2.45, 2.75) is 23.6 Å². The summed E-state index contributed by atoms with van der Waals surface area (Å²) in [4.78, 5) is 6.47. The van der Waals surface area contributed by atoms with Gasteiger partial charge in [-0.25, -0.2) is 4.98 Å². The van der Waals surface area contributed by atoms with Gasteiger partial charge in [0.1, 0.15) is 5.15 Å². The van der Waals surface area contributed by atoms with Crippen LogP contribution in [0.5, 0.6) is 0 Å². The number of aryl methyl sites for hydroxylation is 2. The van der Waals surface area contributed by atoms with Gasteiger partial charge in [-0.3, -0.25) is 0 Å². The molecular weight excluding hydrogens is 238 g/mol. The van der Waals surface area contributed by atoms with Gasteiger partial charge >= 0.3 is 0 Å². The number of hydrogen-bond acceptors (Lipinski definition) is 2. The van der Waals surface area contributed by atoms with Crippen molar-refractivity contribution < 1.29 is 0 Å². The molecule has 0 aliphatic rings. The number of hydrogen-bond donors (Lipinski definition) is 0. The molecule has 2 aromatic rings. The highest BCUT2D eigenvalue weighted by Crippen LogP contribution is 2.32. The first-order valence-corrected chi connectivity index (χ1v) is 6.22. The predicted molar refractivity (Wildman–Crippen MR) is 69.3 cm³/mol. The van der Waals surface area contributed by atoms with Crippen molar-refractivity contribution in [3.8, 4) is 0 Å². The number of nitrogens with zero attached hydrogens (tertiary/aromatic N) is 1. The first-order valence-electron chi connectivity index (χ1n) is 5.02. The van der Waals surface area contributed by atoms with E-state index < -0.39 is 0 Å². The molecule has 0 radical (unpaired) electrons. The van der Waals surface area contributed by atoms with Crippen LogP contribution in [-0.4, -0.2) is 4.98 Å². The summed E-state index contributed by atoms with van der Waals surface area (Å²) in [7, 11) is 0. The molecule has 16 heavy (non-hydrogen) atoms. The molecule has 0 atom stereocenters. The molecule has 0 amide bonds. The fraction of sp³-hybridized carbons (Fsp3) is 0.154. The Labute approximate surface area is 105 Å². The number of rotatable bonds is 2. The second-order valence-corrected chi connectivity index (χ2v) is 5.11. The van der Waals surface area contributed by atoms with Crippen LogP contribution in [0.25, 0.3) is 0 Å². The third kappa shape index (κ3) is 2.57. The molecular formula is C13H12ClNS. The van der Waals surface area contributed by atoms with Gasteiger partial charge in [0.05, 0.1) is 0 Å². The van der Waals surface area contributed by atoms with Crippen LogP contribution >= 0.6 is 23.4 Å². The fourth-order valence-corrected chi connectivity index (χ4v) is 2.60. The Bertz CT molecular complexity index is 511. The van der Waals surface area contributed by atoms with E-state index in [0.717, 1.165) is 10.5 Å². The maximum absolute atomic E-state index is 5.90. The summed E-state index contributed by atoms with van der Waals surface area (Å²) in [6.45, 7) is 4.16. The van der Waals surface area contributed by atoms with Crippen LogP contribution < -0.4 is 0 Å². The Morgan fingerprint density at radius 2 is 1.81 bits per heavy atom. The van der Waals surface area contributed by atoms with Crippen LogP contribution in [0.3, 0.4) is 0 Å². The predicted octanol–water partition coefficient (Wildman–Crippen LogP) is 4.50. The summed E-state index contributed by atoms with van der Waals surface area (Å²) in [6.07, 6.45) is 1.81. The number of aromatic nitrogens is 1. The van der Waals surface area contributed by atoms with Crippen molar-refractivity contribution in [2.24, 2.45) is 0 Å². The van der Waals surface area contributed by atoms with E-state index >= 15 is 0 Å². The van der Waals surface area contributed by atoms with Crippen LogP contribution in [0.2, 0.25) is 5.15 Å². The lowest BCUT2D eigenvalue weighted by atomic mass is 10.2. The zero-order valence-corrected chi connectivity index (χ0v) is 10.8. The molecule has 1 aromatic carbocycles. The average molecular weight is 250 g/mol. The smallest absolute Gasteiger partial charge is 0.130 e. The molecule has 0 aliphatic heterocycles. The molecule has 0 N–H and O–H groups in total. The molecule has 0 saturated heterocycles. The van der Waals surface area contributed by atoms with E-state index in [1.807, 2.05) is 31.3 Å². The van der Waals surface area contributed by atoms with Crippen molar-refractivity contribution in [1.29, 1.82) is 0 Å². The van der Waals surface area contributed by atoms with Crippen LogP contribution in [-0.2, 0) is 0 Å². The normalized spacial score (nSPS) is 10.4. The highest BCUT2D eigenvalue weighted by molar-refractivity contribution is 7.99. The van der Waals surface area contributed by atoms with Gasteiger partial charge in [0.15, 0.2) is 0 Å². The monoisotopic (exact) mass is 249 g/mol. The lowest BCUT2D eigenvalue weighted by Gasteiger charge is -2.07. The zero-order chi connectivity index (χ0) is 11.5. The summed E-state index contributed by atoms with van der Waals surface area (Å²) >= 11 is 7.63. The summed E-state index contributed by atoms with van der Waals surface area (Å²) in [5.74, 6) is 0. The van der Waals surface area contributed by atoms with Gasteiger partial charge in [0.25, 0.3) is 0 Å². The van der Waals surface area contributed by atoms with Gasteiger partial charge in [-0.1, -0.05) is 41.6 Å². The van der Waals surface area contributed by atoms with E-state index in [9.17, 15) is 0 Å². The molecule has 0 aliphatic carbocycles. The molecule has 0 saturated carbocycles. The average Bonchev–Trinajstić information content (AvgIpc) is 2.27. The summed E-state index contributed by atoms with van der Waals surface area (Å²) in [6, 6.07) is 10.2. The molecule has 1 nitrogen and oxygen atoms in total. The molecule has 3 heteroatoms. The van der Waals surface area contributed by atoms with Gasteiger partial charge in [0.2, 0.25) is 0 Å². The van der Waals surface area contributed by atoms with E-state index in [0.29, 0.717) is 5.15 Å². The maximum Gasteiger partial charge on any atom is 0.130 e. The first kappa shape index (κ1) is 11.5. The molecule has 1 heterocycles. The van der Waals surface area contributed by atoms with E-state index in [1.165, 1.54) is 10.5 Å². The summed E-state index contributed by atoms with van der Waals surface area (Å²) in [5, 5.41) is 0.543. The third-order valence-electron chi connectivity index (χ3n) is 2.33. The number of pyridine rings is 1. The minimum atomic E-state index is 0.543. The fourth-order valence-electron chi connectivity index (χ4n) is 1.38. The Morgan fingerprint density at radius 3 is 2.56 bits per heavy atom. The van der Waals surface area contributed by atoms with Gasteiger partial charge in [-0.05, 0) is 37.1 Å². The topological polar surface area (TPSA) is 12.9 Å². The lowest BCUT2D eigenvalue weighted by Crippen LogP contribution is -1.85. The van der Waals surface area contributed by atoms with E-state index in [2.05, 4.69) is 24.0 Å². The van der Waals surface area contributed by atoms with Gasteiger partial charge in [-0.2, -0.15) is 0 Å². The standard InChI is InChI=1S/C13H12ClNS/c1-9-5-3-4-6-11(9)16-12-7-13(14)15-8-10(12)2/h3-8H,1-2H3. The maximum atomic E-state index is 5.90. The molecule has 1 aromatic heterocycles. The Hall–Kier alpha value is -0.990. The van der Waals surface area contributed by atoms with Crippen molar-refractivity contribution in [2.75, 3.05) is 0 Å². The highest BCUT2D eigenvalue weighted by Gasteiger charge is 2.04. The second kappa shape index (κ2) is 4.89. The Morgan fingerprint density at radius 1 is 1.06 bits per heavy atom. The molecule has 0 bridgehead atoms. The Kier molecular flexibility index (Phi) is 3.52. The highest BCUT2D eigenvalue weighted by atomic mass is 35.5. The quantitative estimate of drug-likeness (QED) is 0.727. The molecule has 0 spiro atoms. The third-order valence-corrected chi connectivity index (χ3v) is 3.88. The minimum absolute atomic E-state index is 0.543. The van der Waals surface area contributed by atoms with Gasteiger partial charge < -0.3 is 0 Å². The van der Waals surface area contributed by atoms with Crippen molar-refractivity contribution in [1.82, 2.24) is 4.98 Å². The van der Waals surface area contributed by atoms with Gasteiger partial charge in [-0.15, -0.1) is 0 Å². The van der Waals surface area contributed by atoms with E-state index in [4.69, 9.17) is 11.6 Å². The van der Waals surface area contributed by atoms with Gasteiger partial charge in [0, 0.05) is 16.0 Å². The van der Waals surface area contributed by atoms with Crippen LogP contribution in [0, 0.1) is 13.8 Å². The van der Waals surface area contributed by atoms with Crippen LogP contribution in [0.15, 0.2) is 46.3 Å². The van der Waals surface area contributed by atoms with Crippen LogP contribution in [0.4, 0.5) is 0 Å². The molecule has 82 valence electrons. The second-order valence-electron chi connectivity index (χ2n) is 3.64. The number of benzene rings is 1. The summed E-state index contributed by atoms with van der Waals surface area (Å²) < 4.78 is 0. The first-order chi connectivity index (χ1) is 7.66. The lowest BCUT2D eigenvalue weighted by molar-refractivity contribution is 1.18. The van der Waals surface area contributed by atoms with Crippen molar-refractivity contribution in [3.05, 3.63) is 52.8 Å². The minimum Gasteiger partial charge on any atom is -0.244 e. The molecule has 0 fully saturated rings. The largest absolute Gasteiger partial charge is 0.244 e. The number of halogens is 1. The van der Waals surface area contributed by atoms with Crippen molar-refractivity contribution in [3.63, 3.8) is 0 Å². The van der Waals surface area contributed by atoms with E-state index in [-0.39, 0.29) is 0 Å².